The number of carbonyl (C=O) groups excluding carboxylic acids is 1. The number of hydrogen-bond acceptors (Lipinski definition) is 3. The van der Waals surface area contributed by atoms with Gasteiger partial charge >= 0.3 is 0 Å². The number of hydrogen-bond donors (Lipinski definition) is 0. The quantitative estimate of drug-likeness (QED) is 0.691. The van der Waals surface area contributed by atoms with Crippen molar-refractivity contribution in [3.05, 3.63) is 29.3 Å². The Labute approximate surface area is 97.0 Å². The maximum absolute atomic E-state index is 10.7. The van der Waals surface area contributed by atoms with Crippen LogP contribution in [0, 0.1) is 0 Å². The highest BCUT2D eigenvalue weighted by atomic mass is 16.5. The molecule has 0 N–H and O–H groups in total. The first-order valence-corrected chi connectivity index (χ1v) is 5.53. The lowest BCUT2D eigenvalue weighted by Gasteiger charge is -2.15. The van der Waals surface area contributed by atoms with Gasteiger partial charge in [-0.3, -0.25) is 4.79 Å². The summed E-state index contributed by atoms with van der Waals surface area (Å²) in [5.41, 5.74) is 1.75. The largest absolute Gasteiger partial charge is 0.493 e. The minimum atomic E-state index is 0.695. The highest BCUT2D eigenvalue weighted by Gasteiger charge is 2.06. The third kappa shape index (κ3) is 3.66. The minimum Gasteiger partial charge on any atom is -0.493 e. The van der Waals surface area contributed by atoms with Crippen molar-refractivity contribution >= 4 is 6.29 Å². The number of ether oxygens (including phenoxy) is 1. The van der Waals surface area contributed by atoms with Gasteiger partial charge < -0.3 is 9.64 Å². The van der Waals surface area contributed by atoms with Gasteiger partial charge in [0.2, 0.25) is 0 Å². The number of carbonyl (C=O) groups is 1. The number of aldehydes is 1. The monoisotopic (exact) mass is 221 g/mol. The summed E-state index contributed by atoms with van der Waals surface area (Å²) in [5.74, 6) is 0.876. The van der Waals surface area contributed by atoms with Crippen molar-refractivity contribution in [3.8, 4) is 5.75 Å². The molecule has 0 aromatic heterocycles. The zero-order valence-corrected chi connectivity index (χ0v) is 10.2. The predicted octanol–water partition coefficient (Wildman–Crippen LogP) is 2.35. The molecule has 0 unspecified atom stereocenters. The second-order valence-corrected chi connectivity index (χ2v) is 4.07. The fourth-order valence-corrected chi connectivity index (χ4v) is 1.49. The molecule has 0 bridgehead atoms. The van der Waals surface area contributed by atoms with Crippen LogP contribution < -0.4 is 4.74 Å². The van der Waals surface area contributed by atoms with Crippen LogP contribution in [0.3, 0.4) is 0 Å². The molecule has 3 nitrogen and oxygen atoms in total. The van der Waals surface area contributed by atoms with Gasteiger partial charge in [0.15, 0.2) is 0 Å². The molecule has 0 radical (unpaired) electrons. The van der Waals surface area contributed by atoms with E-state index in [4.69, 9.17) is 4.74 Å². The lowest BCUT2D eigenvalue weighted by Crippen LogP contribution is -2.12. The molecular formula is C13H19NO2. The van der Waals surface area contributed by atoms with E-state index in [1.165, 1.54) is 0 Å². The molecule has 0 aliphatic heterocycles. The predicted molar refractivity (Wildman–Crippen MR) is 65.0 cm³/mol. The van der Waals surface area contributed by atoms with Gasteiger partial charge in [-0.2, -0.15) is 0 Å². The summed E-state index contributed by atoms with van der Waals surface area (Å²) in [6, 6.07) is 5.55. The lowest BCUT2D eigenvalue weighted by atomic mass is 10.1. The Bertz CT molecular complexity index is 348. The molecule has 1 rings (SSSR count). The second kappa shape index (κ2) is 6.28. The van der Waals surface area contributed by atoms with E-state index in [-0.39, 0.29) is 0 Å². The van der Waals surface area contributed by atoms with Crippen LogP contribution in [0.25, 0.3) is 0 Å². The average molecular weight is 221 g/mol. The molecular weight excluding hydrogens is 202 g/mol. The first-order valence-electron chi connectivity index (χ1n) is 5.53. The number of nitrogens with zero attached hydrogens (tertiary/aromatic N) is 1. The van der Waals surface area contributed by atoms with Crippen LogP contribution in [-0.2, 0) is 6.54 Å². The molecule has 1 aromatic rings. The summed E-state index contributed by atoms with van der Waals surface area (Å²) in [5, 5.41) is 0. The van der Waals surface area contributed by atoms with Crippen molar-refractivity contribution in [2.24, 2.45) is 0 Å². The van der Waals surface area contributed by atoms with Crippen molar-refractivity contribution in [1.82, 2.24) is 4.90 Å². The second-order valence-electron chi connectivity index (χ2n) is 4.07. The van der Waals surface area contributed by atoms with Gasteiger partial charge in [-0.25, -0.2) is 0 Å². The Morgan fingerprint density at radius 3 is 2.69 bits per heavy atom. The molecule has 3 heteroatoms. The van der Waals surface area contributed by atoms with Gasteiger partial charge in [0, 0.05) is 17.7 Å². The minimum absolute atomic E-state index is 0.695. The van der Waals surface area contributed by atoms with Crippen LogP contribution in [-0.4, -0.2) is 31.9 Å². The van der Waals surface area contributed by atoms with E-state index in [1.54, 1.807) is 6.07 Å². The summed E-state index contributed by atoms with van der Waals surface area (Å²) in [6.45, 7) is 3.56. The zero-order chi connectivity index (χ0) is 12.0. The molecule has 16 heavy (non-hydrogen) atoms. The Kier molecular flexibility index (Phi) is 4.99. The van der Waals surface area contributed by atoms with Crippen molar-refractivity contribution < 1.29 is 9.53 Å². The van der Waals surface area contributed by atoms with Crippen LogP contribution in [0.2, 0.25) is 0 Å². The molecule has 0 amide bonds. The van der Waals surface area contributed by atoms with Crippen LogP contribution >= 0.6 is 0 Å². The highest BCUT2D eigenvalue weighted by Crippen LogP contribution is 2.21. The molecule has 0 heterocycles. The molecule has 0 aliphatic rings. The van der Waals surface area contributed by atoms with E-state index in [1.807, 2.05) is 26.2 Å². The molecule has 0 aliphatic carbocycles. The third-order valence-corrected chi connectivity index (χ3v) is 2.17. The highest BCUT2D eigenvalue weighted by molar-refractivity contribution is 5.75. The summed E-state index contributed by atoms with van der Waals surface area (Å²) in [7, 11) is 3.99. The van der Waals surface area contributed by atoms with E-state index in [0.717, 1.165) is 30.6 Å². The molecule has 0 saturated carbocycles. The van der Waals surface area contributed by atoms with E-state index in [9.17, 15) is 4.79 Å². The molecule has 1 aromatic carbocycles. The Morgan fingerprint density at radius 1 is 1.38 bits per heavy atom. The van der Waals surface area contributed by atoms with Gasteiger partial charge in [0.05, 0.1) is 6.61 Å². The Hall–Kier alpha value is -1.35. The van der Waals surface area contributed by atoms with Gasteiger partial charge in [-0.1, -0.05) is 6.92 Å². The van der Waals surface area contributed by atoms with E-state index < -0.39 is 0 Å². The topological polar surface area (TPSA) is 29.5 Å². The van der Waals surface area contributed by atoms with Crippen molar-refractivity contribution in [2.75, 3.05) is 20.7 Å². The molecule has 0 spiro atoms. The van der Waals surface area contributed by atoms with Crippen molar-refractivity contribution in [3.63, 3.8) is 0 Å². The van der Waals surface area contributed by atoms with Crippen LogP contribution in [0.1, 0.15) is 29.3 Å². The Balaban J connectivity index is 2.91. The summed E-state index contributed by atoms with van der Waals surface area (Å²) in [4.78, 5) is 12.8. The van der Waals surface area contributed by atoms with Crippen LogP contribution in [0.5, 0.6) is 5.75 Å². The normalized spacial score (nSPS) is 10.5. The molecule has 88 valence electrons. The number of benzene rings is 1. The fraction of sp³-hybridized carbons (Fsp3) is 0.462. The summed E-state index contributed by atoms with van der Waals surface area (Å²) >= 11 is 0. The SMILES string of the molecule is CCCOc1ccc(C=O)cc1CN(C)C. The maximum Gasteiger partial charge on any atom is 0.150 e. The fourth-order valence-electron chi connectivity index (χ4n) is 1.49. The van der Waals surface area contributed by atoms with E-state index in [2.05, 4.69) is 11.8 Å². The maximum atomic E-state index is 10.7. The van der Waals surface area contributed by atoms with Gasteiger partial charge in [-0.05, 0) is 38.7 Å². The van der Waals surface area contributed by atoms with Crippen LogP contribution in [0.15, 0.2) is 18.2 Å². The molecule has 0 fully saturated rings. The van der Waals surface area contributed by atoms with Crippen molar-refractivity contribution in [2.45, 2.75) is 19.9 Å². The Morgan fingerprint density at radius 2 is 2.12 bits per heavy atom. The lowest BCUT2D eigenvalue weighted by molar-refractivity contribution is 0.112. The molecule has 0 atom stereocenters. The first-order chi connectivity index (χ1) is 7.67. The standard InChI is InChI=1S/C13H19NO2/c1-4-7-16-13-6-5-11(10-15)8-12(13)9-14(2)3/h5-6,8,10H,4,7,9H2,1-3H3. The van der Waals surface area contributed by atoms with Gasteiger partial charge in [-0.15, -0.1) is 0 Å². The molecule has 0 saturated heterocycles. The van der Waals surface area contributed by atoms with E-state index in [0.29, 0.717) is 12.2 Å². The van der Waals surface area contributed by atoms with Gasteiger partial charge in [0.25, 0.3) is 0 Å². The third-order valence-electron chi connectivity index (χ3n) is 2.17. The van der Waals surface area contributed by atoms with Crippen LogP contribution in [0.4, 0.5) is 0 Å². The first kappa shape index (κ1) is 12.7. The van der Waals surface area contributed by atoms with Crippen molar-refractivity contribution in [1.29, 1.82) is 0 Å². The zero-order valence-electron chi connectivity index (χ0n) is 10.2. The van der Waals surface area contributed by atoms with Gasteiger partial charge in [0.1, 0.15) is 12.0 Å². The van der Waals surface area contributed by atoms with E-state index >= 15 is 0 Å². The smallest absolute Gasteiger partial charge is 0.150 e. The summed E-state index contributed by atoms with van der Waals surface area (Å²) in [6.07, 6.45) is 1.85. The average Bonchev–Trinajstić information content (AvgIpc) is 2.26. The summed E-state index contributed by atoms with van der Waals surface area (Å²) < 4.78 is 5.64. The number of rotatable bonds is 6.